The van der Waals surface area contributed by atoms with E-state index in [0.717, 1.165) is 36.5 Å². The third-order valence-corrected chi connectivity index (χ3v) is 6.16. The summed E-state index contributed by atoms with van der Waals surface area (Å²) < 4.78 is 12.7. The van der Waals surface area contributed by atoms with Gasteiger partial charge in [0.1, 0.15) is 0 Å². The smallest absolute Gasteiger partial charge is 0.225 e. The van der Waals surface area contributed by atoms with Crippen LogP contribution in [0.1, 0.15) is 23.5 Å². The molecule has 0 aliphatic carbocycles. The zero-order valence-corrected chi connectivity index (χ0v) is 18.0. The fraction of sp³-hybridized carbons (Fsp3) is 0.190. The zero-order chi connectivity index (χ0) is 19.1. The molecule has 0 bridgehead atoms. The molecule has 1 unspecified atom stereocenters. The number of anilines is 1. The third-order valence-electron chi connectivity index (χ3n) is 4.91. The summed E-state index contributed by atoms with van der Waals surface area (Å²) in [6.07, 6.45) is 0.375. The summed E-state index contributed by atoms with van der Waals surface area (Å²) in [7, 11) is 3.22. The SMILES string of the molecule is COc1cc(C2CC(=O)Nc3c2cc(Br)c2ccccc32)cc(Br)c1OC. The van der Waals surface area contributed by atoms with Crippen LogP contribution in [-0.4, -0.2) is 20.1 Å². The highest BCUT2D eigenvalue weighted by Gasteiger charge is 2.30. The molecule has 138 valence electrons. The number of halogens is 2. The van der Waals surface area contributed by atoms with Crippen molar-refractivity contribution in [2.24, 2.45) is 0 Å². The van der Waals surface area contributed by atoms with Crippen LogP contribution in [0.15, 0.2) is 51.4 Å². The highest BCUT2D eigenvalue weighted by Crippen LogP contribution is 2.46. The van der Waals surface area contributed by atoms with Gasteiger partial charge in [-0.1, -0.05) is 40.2 Å². The zero-order valence-electron chi connectivity index (χ0n) is 14.8. The normalized spacial score (nSPS) is 16.0. The minimum atomic E-state index is -0.0780. The van der Waals surface area contributed by atoms with Crippen molar-refractivity contribution < 1.29 is 14.3 Å². The van der Waals surface area contributed by atoms with Crippen LogP contribution >= 0.6 is 31.9 Å². The maximum Gasteiger partial charge on any atom is 0.225 e. The third kappa shape index (κ3) is 3.11. The Balaban J connectivity index is 1.95. The van der Waals surface area contributed by atoms with E-state index in [1.807, 2.05) is 36.4 Å². The number of amides is 1. The van der Waals surface area contributed by atoms with Gasteiger partial charge in [-0.3, -0.25) is 4.79 Å². The fourth-order valence-electron chi connectivity index (χ4n) is 3.69. The summed E-state index contributed by atoms with van der Waals surface area (Å²) in [5.74, 6) is 1.20. The van der Waals surface area contributed by atoms with Crippen molar-refractivity contribution in [2.75, 3.05) is 19.5 Å². The number of nitrogens with one attached hydrogen (secondary N) is 1. The van der Waals surface area contributed by atoms with E-state index in [-0.39, 0.29) is 11.8 Å². The van der Waals surface area contributed by atoms with Gasteiger partial charge in [-0.15, -0.1) is 0 Å². The largest absolute Gasteiger partial charge is 0.493 e. The summed E-state index contributed by atoms with van der Waals surface area (Å²) in [6.45, 7) is 0. The van der Waals surface area contributed by atoms with Gasteiger partial charge in [-0.05, 0) is 50.6 Å². The maximum atomic E-state index is 12.5. The molecule has 3 aromatic carbocycles. The number of carbonyl (C=O) groups excluding carboxylic acids is 1. The predicted octanol–water partition coefficient (Wildman–Crippen LogP) is 5.86. The van der Waals surface area contributed by atoms with Crippen molar-refractivity contribution in [3.05, 3.63) is 62.5 Å². The van der Waals surface area contributed by atoms with E-state index in [1.165, 1.54) is 0 Å². The second-order valence-electron chi connectivity index (χ2n) is 6.41. The molecule has 0 saturated heterocycles. The first-order chi connectivity index (χ1) is 13.0. The molecule has 1 heterocycles. The molecule has 4 rings (SSSR count). The second-order valence-corrected chi connectivity index (χ2v) is 8.12. The van der Waals surface area contributed by atoms with E-state index < -0.39 is 0 Å². The molecule has 1 N–H and O–H groups in total. The van der Waals surface area contributed by atoms with Crippen molar-refractivity contribution >= 4 is 54.2 Å². The number of ether oxygens (including phenoxy) is 2. The number of carbonyl (C=O) groups is 1. The molecule has 0 saturated carbocycles. The van der Waals surface area contributed by atoms with Crippen LogP contribution in [0.2, 0.25) is 0 Å². The van der Waals surface area contributed by atoms with Crippen LogP contribution in [0.5, 0.6) is 11.5 Å². The molecule has 6 heteroatoms. The second kappa shape index (κ2) is 7.17. The molecule has 4 nitrogen and oxygen atoms in total. The lowest BCUT2D eigenvalue weighted by molar-refractivity contribution is -0.116. The monoisotopic (exact) mass is 489 g/mol. The Kier molecular flexibility index (Phi) is 4.86. The lowest BCUT2D eigenvalue weighted by atomic mass is 9.83. The van der Waals surface area contributed by atoms with Gasteiger partial charge < -0.3 is 14.8 Å². The van der Waals surface area contributed by atoms with Crippen LogP contribution in [0.25, 0.3) is 10.8 Å². The Labute approximate surface area is 174 Å². The summed E-state index contributed by atoms with van der Waals surface area (Å²) in [5.41, 5.74) is 2.96. The maximum absolute atomic E-state index is 12.5. The van der Waals surface area contributed by atoms with Crippen molar-refractivity contribution in [1.29, 1.82) is 0 Å². The van der Waals surface area contributed by atoms with Crippen molar-refractivity contribution in [3.63, 3.8) is 0 Å². The molecule has 1 amide bonds. The molecule has 1 aliphatic heterocycles. The fourth-order valence-corrected chi connectivity index (χ4v) is 4.90. The van der Waals surface area contributed by atoms with E-state index >= 15 is 0 Å². The Morgan fingerprint density at radius 3 is 2.44 bits per heavy atom. The van der Waals surface area contributed by atoms with Gasteiger partial charge in [0.15, 0.2) is 11.5 Å². The van der Waals surface area contributed by atoms with Crippen LogP contribution in [0.3, 0.4) is 0 Å². The Morgan fingerprint density at radius 1 is 1.00 bits per heavy atom. The Morgan fingerprint density at radius 2 is 1.74 bits per heavy atom. The molecule has 1 atom stereocenters. The molecule has 0 spiro atoms. The molecule has 27 heavy (non-hydrogen) atoms. The molecular weight excluding hydrogens is 474 g/mol. The van der Waals surface area contributed by atoms with Gasteiger partial charge in [0.25, 0.3) is 0 Å². The van der Waals surface area contributed by atoms with Gasteiger partial charge in [0.05, 0.1) is 24.4 Å². The van der Waals surface area contributed by atoms with E-state index in [2.05, 4.69) is 43.2 Å². The van der Waals surface area contributed by atoms with Crippen molar-refractivity contribution in [2.45, 2.75) is 12.3 Å². The van der Waals surface area contributed by atoms with Gasteiger partial charge >= 0.3 is 0 Å². The highest BCUT2D eigenvalue weighted by molar-refractivity contribution is 9.11. The van der Waals surface area contributed by atoms with Crippen LogP contribution in [-0.2, 0) is 4.79 Å². The average molecular weight is 491 g/mol. The average Bonchev–Trinajstić information content (AvgIpc) is 2.67. The first-order valence-electron chi connectivity index (χ1n) is 8.46. The van der Waals surface area contributed by atoms with Gasteiger partial charge in [-0.2, -0.15) is 0 Å². The molecule has 1 aliphatic rings. The van der Waals surface area contributed by atoms with Gasteiger partial charge in [0.2, 0.25) is 5.91 Å². The van der Waals surface area contributed by atoms with E-state index in [9.17, 15) is 4.79 Å². The van der Waals surface area contributed by atoms with Crippen LogP contribution in [0.4, 0.5) is 5.69 Å². The van der Waals surface area contributed by atoms with Gasteiger partial charge in [0, 0.05) is 22.2 Å². The molecular formula is C21H17Br2NO3. The first kappa shape index (κ1) is 18.3. The number of hydrogen-bond acceptors (Lipinski definition) is 3. The van der Waals surface area contributed by atoms with E-state index in [1.54, 1.807) is 14.2 Å². The molecule has 0 aromatic heterocycles. The van der Waals surface area contributed by atoms with E-state index in [4.69, 9.17) is 9.47 Å². The summed E-state index contributed by atoms with van der Waals surface area (Å²) >= 11 is 7.25. The highest BCUT2D eigenvalue weighted by atomic mass is 79.9. The van der Waals surface area contributed by atoms with Crippen molar-refractivity contribution in [3.8, 4) is 11.5 Å². The molecule has 0 fully saturated rings. The Bertz CT molecular complexity index is 1060. The summed E-state index contributed by atoms with van der Waals surface area (Å²) in [4.78, 5) is 12.5. The summed E-state index contributed by atoms with van der Waals surface area (Å²) in [5, 5.41) is 5.17. The standard InChI is InChI=1S/C21H17Br2NO3/c1-26-18-8-11(7-17(23)21(18)27-2)14-10-19(25)24-20-13-6-4-3-5-12(13)16(22)9-15(14)20/h3-9,14H,10H2,1-2H3,(H,24,25). The van der Waals surface area contributed by atoms with Crippen LogP contribution < -0.4 is 14.8 Å². The van der Waals surface area contributed by atoms with E-state index in [0.29, 0.717) is 17.9 Å². The lowest BCUT2D eigenvalue weighted by Gasteiger charge is -2.28. The minimum Gasteiger partial charge on any atom is -0.493 e. The number of rotatable bonds is 3. The van der Waals surface area contributed by atoms with Crippen LogP contribution in [0, 0.1) is 0 Å². The lowest BCUT2D eigenvalue weighted by Crippen LogP contribution is -2.24. The number of benzene rings is 3. The Hall–Kier alpha value is -2.05. The molecule has 0 radical (unpaired) electrons. The number of methoxy groups -OCH3 is 2. The topological polar surface area (TPSA) is 47.6 Å². The minimum absolute atomic E-state index is 0.00545. The van der Waals surface area contributed by atoms with Gasteiger partial charge in [-0.25, -0.2) is 0 Å². The predicted molar refractivity (Wildman–Crippen MR) is 114 cm³/mol. The number of fused-ring (bicyclic) bond motifs is 3. The quantitative estimate of drug-likeness (QED) is 0.500. The number of hydrogen-bond donors (Lipinski definition) is 1. The first-order valence-corrected chi connectivity index (χ1v) is 10.0. The summed E-state index contributed by atoms with van der Waals surface area (Å²) in [6, 6.07) is 14.1. The molecule has 3 aromatic rings. The van der Waals surface area contributed by atoms with Crippen molar-refractivity contribution in [1.82, 2.24) is 0 Å².